The molecule has 0 aliphatic carbocycles. The van der Waals surface area contributed by atoms with E-state index in [2.05, 4.69) is 5.32 Å². The summed E-state index contributed by atoms with van der Waals surface area (Å²) >= 11 is 6.19. The van der Waals surface area contributed by atoms with Crippen LogP contribution in [0.5, 0.6) is 11.5 Å². The molecule has 1 N–H and O–H groups in total. The molecule has 6 heteroatoms. The van der Waals surface area contributed by atoms with Crippen molar-refractivity contribution < 1.29 is 14.3 Å². The lowest BCUT2D eigenvalue weighted by atomic mass is 10.1. The number of rotatable bonds is 5. The van der Waals surface area contributed by atoms with Crippen molar-refractivity contribution in [2.75, 3.05) is 16.8 Å². The molecule has 4 rings (SSSR count). The van der Waals surface area contributed by atoms with E-state index in [4.69, 9.17) is 16.3 Å². The van der Waals surface area contributed by atoms with Gasteiger partial charge in [0.15, 0.2) is 0 Å². The fourth-order valence-electron chi connectivity index (χ4n) is 3.55. The number of carbonyl (C=O) groups excluding carboxylic acids is 2. The number of hydrogen-bond acceptors (Lipinski definition) is 3. The van der Waals surface area contributed by atoms with Crippen LogP contribution in [0.4, 0.5) is 11.4 Å². The predicted octanol–water partition coefficient (Wildman–Crippen LogP) is 5.74. The highest BCUT2D eigenvalue weighted by molar-refractivity contribution is 6.31. The van der Waals surface area contributed by atoms with Gasteiger partial charge < -0.3 is 15.0 Å². The van der Waals surface area contributed by atoms with Gasteiger partial charge >= 0.3 is 0 Å². The van der Waals surface area contributed by atoms with E-state index in [0.717, 1.165) is 16.9 Å². The number of carbonyl (C=O) groups is 2. The number of hydrogen-bond donors (Lipinski definition) is 1. The number of ether oxygens (including phenoxy) is 1. The Balaban J connectivity index is 1.38. The van der Waals surface area contributed by atoms with E-state index >= 15 is 0 Å². The van der Waals surface area contributed by atoms with E-state index in [1.165, 1.54) is 0 Å². The van der Waals surface area contributed by atoms with Gasteiger partial charge in [0, 0.05) is 29.4 Å². The Hall–Kier alpha value is -3.31. The first kappa shape index (κ1) is 20.9. The molecule has 1 saturated heterocycles. The van der Waals surface area contributed by atoms with Crippen molar-refractivity contribution in [3.05, 3.63) is 82.9 Å². The van der Waals surface area contributed by atoms with Crippen LogP contribution < -0.4 is 15.0 Å². The number of benzene rings is 3. The largest absolute Gasteiger partial charge is 0.457 e. The van der Waals surface area contributed by atoms with E-state index in [0.29, 0.717) is 28.7 Å². The summed E-state index contributed by atoms with van der Waals surface area (Å²) in [5, 5.41) is 3.50. The molecular formula is C25H23ClN2O3. The minimum Gasteiger partial charge on any atom is -0.457 e. The van der Waals surface area contributed by atoms with Crippen LogP contribution in [0.3, 0.4) is 0 Å². The standard InChI is InChI=1S/C25H23ClN2O3/c1-16-4-3-5-22(12-16)31-21-10-7-19(8-11-21)27-25(30)18-13-24(29)28(15-18)20-9-6-17(2)23(26)14-20/h3-12,14,18H,13,15H2,1-2H3,(H,27,30)/t18-/m0/s1. The van der Waals surface area contributed by atoms with Crippen molar-refractivity contribution in [2.24, 2.45) is 5.92 Å². The van der Waals surface area contributed by atoms with Gasteiger partial charge in [-0.15, -0.1) is 0 Å². The molecule has 1 aliphatic heterocycles. The molecular weight excluding hydrogens is 412 g/mol. The lowest BCUT2D eigenvalue weighted by molar-refractivity contribution is -0.122. The average molecular weight is 435 g/mol. The molecule has 0 unspecified atom stereocenters. The first-order chi connectivity index (χ1) is 14.9. The van der Waals surface area contributed by atoms with Gasteiger partial charge in [-0.2, -0.15) is 0 Å². The van der Waals surface area contributed by atoms with E-state index in [9.17, 15) is 9.59 Å². The Kier molecular flexibility index (Phi) is 5.96. The summed E-state index contributed by atoms with van der Waals surface area (Å²) < 4.78 is 5.84. The Morgan fingerprint density at radius 3 is 2.52 bits per heavy atom. The quantitative estimate of drug-likeness (QED) is 0.557. The van der Waals surface area contributed by atoms with Gasteiger partial charge in [-0.25, -0.2) is 0 Å². The lowest BCUT2D eigenvalue weighted by Crippen LogP contribution is -2.28. The summed E-state index contributed by atoms with van der Waals surface area (Å²) in [5.74, 6) is 0.763. The molecule has 0 bridgehead atoms. The first-order valence-electron chi connectivity index (χ1n) is 10.1. The van der Waals surface area contributed by atoms with Crippen LogP contribution in [0.25, 0.3) is 0 Å². The number of anilines is 2. The topological polar surface area (TPSA) is 58.6 Å². The molecule has 0 radical (unpaired) electrons. The zero-order chi connectivity index (χ0) is 22.0. The molecule has 0 aromatic heterocycles. The number of amides is 2. The lowest BCUT2D eigenvalue weighted by Gasteiger charge is -2.17. The molecule has 0 spiro atoms. The number of nitrogens with one attached hydrogen (secondary N) is 1. The normalized spacial score (nSPS) is 15.8. The Bertz CT molecular complexity index is 1130. The number of nitrogens with zero attached hydrogens (tertiary/aromatic N) is 1. The van der Waals surface area contributed by atoms with Gasteiger partial charge in [-0.05, 0) is 73.5 Å². The molecule has 1 heterocycles. The maximum atomic E-state index is 12.7. The van der Waals surface area contributed by atoms with E-state index in [1.807, 2.05) is 50.2 Å². The van der Waals surface area contributed by atoms with Crippen molar-refractivity contribution >= 4 is 34.8 Å². The number of aryl methyl sites for hydroxylation is 2. The minimum atomic E-state index is -0.421. The molecule has 5 nitrogen and oxygen atoms in total. The summed E-state index contributed by atoms with van der Waals surface area (Å²) in [5.41, 5.74) is 3.44. The summed E-state index contributed by atoms with van der Waals surface area (Å²) in [6.45, 7) is 4.25. The second-order valence-corrected chi connectivity index (χ2v) is 8.18. The van der Waals surface area contributed by atoms with Crippen molar-refractivity contribution in [3.63, 3.8) is 0 Å². The average Bonchev–Trinajstić information content (AvgIpc) is 3.13. The molecule has 31 heavy (non-hydrogen) atoms. The van der Waals surface area contributed by atoms with Crippen LogP contribution in [0, 0.1) is 19.8 Å². The summed E-state index contributed by atoms with van der Waals surface area (Å²) in [4.78, 5) is 26.8. The van der Waals surface area contributed by atoms with E-state index in [-0.39, 0.29) is 18.2 Å². The van der Waals surface area contributed by atoms with Crippen LogP contribution >= 0.6 is 11.6 Å². The third-order valence-electron chi connectivity index (χ3n) is 5.31. The van der Waals surface area contributed by atoms with Gasteiger partial charge in [-0.3, -0.25) is 9.59 Å². The van der Waals surface area contributed by atoms with Crippen molar-refractivity contribution in [2.45, 2.75) is 20.3 Å². The van der Waals surface area contributed by atoms with Gasteiger partial charge in [0.25, 0.3) is 0 Å². The molecule has 2 amide bonds. The highest BCUT2D eigenvalue weighted by Crippen LogP contribution is 2.30. The Labute approximate surface area is 186 Å². The fourth-order valence-corrected chi connectivity index (χ4v) is 3.72. The van der Waals surface area contributed by atoms with Crippen LogP contribution in [0.1, 0.15) is 17.5 Å². The molecule has 0 saturated carbocycles. The summed E-state index contributed by atoms with van der Waals surface area (Å²) in [7, 11) is 0. The minimum absolute atomic E-state index is 0.0815. The summed E-state index contributed by atoms with van der Waals surface area (Å²) in [6.07, 6.45) is 0.173. The van der Waals surface area contributed by atoms with Crippen LogP contribution in [0.2, 0.25) is 5.02 Å². The Morgan fingerprint density at radius 2 is 1.81 bits per heavy atom. The van der Waals surface area contributed by atoms with E-state index in [1.54, 1.807) is 35.2 Å². The van der Waals surface area contributed by atoms with Gasteiger partial charge in [-0.1, -0.05) is 29.8 Å². The maximum Gasteiger partial charge on any atom is 0.229 e. The monoisotopic (exact) mass is 434 g/mol. The smallest absolute Gasteiger partial charge is 0.229 e. The van der Waals surface area contributed by atoms with Gasteiger partial charge in [0.05, 0.1) is 5.92 Å². The van der Waals surface area contributed by atoms with Crippen molar-refractivity contribution in [3.8, 4) is 11.5 Å². The first-order valence-corrected chi connectivity index (χ1v) is 10.5. The van der Waals surface area contributed by atoms with Crippen LogP contribution in [-0.4, -0.2) is 18.4 Å². The second-order valence-electron chi connectivity index (χ2n) is 7.77. The highest BCUT2D eigenvalue weighted by Gasteiger charge is 2.35. The highest BCUT2D eigenvalue weighted by atomic mass is 35.5. The molecule has 3 aromatic rings. The molecule has 1 atom stereocenters. The van der Waals surface area contributed by atoms with Crippen molar-refractivity contribution in [1.82, 2.24) is 0 Å². The molecule has 1 aliphatic rings. The Morgan fingerprint density at radius 1 is 1.03 bits per heavy atom. The molecule has 158 valence electrons. The zero-order valence-electron chi connectivity index (χ0n) is 17.4. The third kappa shape index (κ3) is 4.89. The second kappa shape index (κ2) is 8.82. The van der Waals surface area contributed by atoms with E-state index < -0.39 is 5.92 Å². The maximum absolute atomic E-state index is 12.7. The number of halogens is 1. The fraction of sp³-hybridized carbons (Fsp3) is 0.200. The van der Waals surface area contributed by atoms with Crippen LogP contribution in [0.15, 0.2) is 66.7 Å². The third-order valence-corrected chi connectivity index (χ3v) is 5.72. The van der Waals surface area contributed by atoms with Crippen LogP contribution in [-0.2, 0) is 9.59 Å². The van der Waals surface area contributed by atoms with Crippen molar-refractivity contribution in [1.29, 1.82) is 0 Å². The summed E-state index contributed by atoms with van der Waals surface area (Å²) in [6, 6.07) is 20.5. The van der Waals surface area contributed by atoms with Gasteiger partial charge in [0.2, 0.25) is 11.8 Å². The zero-order valence-corrected chi connectivity index (χ0v) is 18.1. The SMILES string of the molecule is Cc1cccc(Oc2ccc(NC(=O)[C@H]3CC(=O)N(c4ccc(C)c(Cl)c4)C3)cc2)c1. The van der Waals surface area contributed by atoms with Gasteiger partial charge in [0.1, 0.15) is 11.5 Å². The predicted molar refractivity (Wildman–Crippen MR) is 123 cm³/mol. The molecule has 1 fully saturated rings. The molecule has 3 aromatic carbocycles.